The van der Waals surface area contributed by atoms with Crippen molar-refractivity contribution in [1.29, 1.82) is 0 Å². The minimum atomic E-state index is -0.219. The van der Waals surface area contributed by atoms with Crippen molar-refractivity contribution in [3.63, 3.8) is 0 Å². The molecular formula is C25H30N8O2. The molecule has 35 heavy (non-hydrogen) atoms. The second kappa shape index (κ2) is 10.6. The van der Waals surface area contributed by atoms with Crippen molar-refractivity contribution in [1.82, 2.24) is 25.3 Å². The Morgan fingerprint density at radius 3 is 2.46 bits per heavy atom. The smallest absolute Gasteiger partial charge is 0.319 e. The zero-order valence-corrected chi connectivity index (χ0v) is 19.9. The predicted molar refractivity (Wildman–Crippen MR) is 135 cm³/mol. The Morgan fingerprint density at radius 1 is 0.971 bits per heavy atom. The minimum Gasteiger partial charge on any atom is -0.378 e. The molecule has 2 aliphatic rings. The van der Waals surface area contributed by atoms with Crippen molar-refractivity contribution in [2.24, 2.45) is 0 Å². The molecule has 5 rings (SSSR count). The summed E-state index contributed by atoms with van der Waals surface area (Å²) in [6, 6.07) is 9.27. The van der Waals surface area contributed by atoms with E-state index in [9.17, 15) is 4.79 Å². The highest BCUT2D eigenvalue weighted by atomic mass is 16.5. The Kier molecular flexibility index (Phi) is 6.99. The highest BCUT2D eigenvalue weighted by Crippen LogP contribution is 2.30. The third-order valence-electron chi connectivity index (χ3n) is 6.21. The standard InChI is InChI=1S/C25H30N8O2/c1-2-26-25(34)29-19-6-4-18(5-7-19)22-30-21-9-13-33(24-27-10-3-11-28-24)12-8-20(21)23(31-22)32-14-16-35-17-15-32/h3-7,10-11H,2,8-9,12-17H2,1H3,(H2,26,29,34). The molecule has 1 saturated heterocycles. The molecular weight excluding hydrogens is 444 g/mol. The molecule has 0 aliphatic carbocycles. The van der Waals surface area contributed by atoms with E-state index in [-0.39, 0.29) is 6.03 Å². The maximum Gasteiger partial charge on any atom is 0.319 e. The first-order valence-corrected chi connectivity index (χ1v) is 12.1. The molecule has 1 aromatic carbocycles. The van der Waals surface area contributed by atoms with Crippen LogP contribution in [-0.4, -0.2) is 71.9 Å². The van der Waals surface area contributed by atoms with Crippen LogP contribution in [0.1, 0.15) is 18.2 Å². The number of fused-ring (bicyclic) bond motifs is 1. The van der Waals surface area contributed by atoms with Crippen molar-refractivity contribution in [2.45, 2.75) is 19.8 Å². The number of morpholine rings is 1. The number of carbonyl (C=O) groups is 1. The van der Waals surface area contributed by atoms with E-state index in [1.165, 1.54) is 5.56 Å². The van der Waals surface area contributed by atoms with Crippen molar-refractivity contribution in [3.8, 4) is 11.4 Å². The van der Waals surface area contributed by atoms with Crippen LogP contribution >= 0.6 is 0 Å². The van der Waals surface area contributed by atoms with Crippen molar-refractivity contribution in [2.75, 3.05) is 61.1 Å². The first kappa shape index (κ1) is 23.0. The van der Waals surface area contributed by atoms with Gasteiger partial charge in [-0.2, -0.15) is 0 Å². The molecule has 10 nitrogen and oxygen atoms in total. The van der Waals surface area contributed by atoms with Gasteiger partial charge in [-0.3, -0.25) is 0 Å². The summed E-state index contributed by atoms with van der Waals surface area (Å²) in [6.07, 6.45) is 5.18. The molecule has 2 aliphatic heterocycles. The quantitative estimate of drug-likeness (QED) is 0.581. The van der Waals surface area contributed by atoms with E-state index in [1.54, 1.807) is 12.4 Å². The number of ether oxygens (including phenoxy) is 1. The van der Waals surface area contributed by atoms with Gasteiger partial charge in [-0.15, -0.1) is 0 Å². The molecule has 4 heterocycles. The van der Waals surface area contributed by atoms with Crippen LogP contribution in [-0.2, 0) is 17.6 Å². The van der Waals surface area contributed by atoms with Crippen LogP contribution < -0.4 is 20.4 Å². The Morgan fingerprint density at radius 2 is 1.71 bits per heavy atom. The van der Waals surface area contributed by atoms with E-state index < -0.39 is 0 Å². The number of nitrogens with zero attached hydrogens (tertiary/aromatic N) is 6. The van der Waals surface area contributed by atoms with Crippen LogP contribution in [0.3, 0.4) is 0 Å². The van der Waals surface area contributed by atoms with Gasteiger partial charge in [0, 0.05) is 68.4 Å². The summed E-state index contributed by atoms with van der Waals surface area (Å²) in [4.78, 5) is 35.3. The maximum absolute atomic E-state index is 11.8. The molecule has 1 fully saturated rings. The van der Waals surface area contributed by atoms with Crippen LogP contribution in [0.15, 0.2) is 42.7 Å². The van der Waals surface area contributed by atoms with Crippen molar-refractivity contribution < 1.29 is 9.53 Å². The van der Waals surface area contributed by atoms with Gasteiger partial charge in [0.15, 0.2) is 5.82 Å². The van der Waals surface area contributed by atoms with Crippen LogP contribution in [0, 0.1) is 0 Å². The maximum atomic E-state index is 11.8. The highest BCUT2D eigenvalue weighted by Gasteiger charge is 2.25. The Bertz CT molecular complexity index is 1150. The van der Waals surface area contributed by atoms with Gasteiger partial charge in [0.2, 0.25) is 5.95 Å². The van der Waals surface area contributed by atoms with Gasteiger partial charge in [0.25, 0.3) is 0 Å². The number of rotatable bonds is 5. The van der Waals surface area contributed by atoms with Crippen molar-refractivity contribution >= 4 is 23.5 Å². The fourth-order valence-electron chi connectivity index (χ4n) is 4.44. The number of aromatic nitrogens is 4. The Labute approximate surface area is 204 Å². The average molecular weight is 475 g/mol. The van der Waals surface area contributed by atoms with Gasteiger partial charge in [-0.1, -0.05) is 0 Å². The van der Waals surface area contributed by atoms with Gasteiger partial charge in [0.1, 0.15) is 5.82 Å². The molecule has 0 spiro atoms. The largest absolute Gasteiger partial charge is 0.378 e. The number of hydrogen-bond donors (Lipinski definition) is 2. The summed E-state index contributed by atoms with van der Waals surface area (Å²) in [7, 11) is 0. The molecule has 182 valence electrons. The molecule has 0 saturated carbocycles. The summed E-state index contributed by atoms with van der Waals surface area (Å²) in [5.74, 6) is 2.43. The lowest BCUT2D eigenvalue weighted by Gasteiger charge is -2.30. The van der Waals surface area contributed by atoms with Crippen molar-refractivity contribution in [3.05, 3.63) is 54.0 Å². The Hall–Kier alpha value is -3.79. The van der Waals surface area contributed by atoms with Gasteiger partial charge < -0.3 is 25.2 Å². The SMILES string of the molecule is CCNC(=O)Nc1ccc(-c2nc3c(c(N4CCOCC4)n2)CCN(c2ncccn2)CC3)cc1. The van der Waals surface area contributed by atoms with Gasteiger partial charge in [-0.25, -0.2) is 24.7 Å². The van der Waals surface area contributed by atoms with E-state index in [0.717, 1.165) is 67.7 Å². The number of hydrogen-bond acceptors (Lipinski definition) is 8. The number of carbonyl (C=O) groups excluding carboxylic acids is 1. The second-order valence-corrected chi connectivity index (χ2v) is 8.49. The molecule has 0 unspecified atom stereocenters. The number of benzene rings is 1. The third kappa shape index (κ3) is 5.32. The fraction of sp³-hybridized carbons (Fsp3) is 0.400. The predicted octanol–water partition coefficient (Wildman–Crippen LogP) is 2.52. The van der Waals surface area contributed by atoms with Crippen LogP contribution in [0.4, 0.5) is 22.2 Å². The molecule has 3 aromatic rings. The van der Waals surface area contributed by atoms with Crippen LogP contribution in [0.5, 0.6) is 0 Å². The topological polar surface area (TPSA) is 108 Å². The van der Waals surface area contributed by atoms with E-state index in [2.05, 4.69) is 30.4 Å². The van der Waals surface area contributed by atoms with Gasteiger partial charge in [-0.05, 0) is 43.7 Å². The van der Waals surface area contributed by atoms with E-state index in [1.807, 2.05) is 37.3 Å². The lowest BCUT2D eigenvalue weighted by molar-refractivity contribution is 0.122. The Balaban J connectivity index is 1.45. The van der Waals surface area contributed by atoms with Gasteiger partial charge in [0.05, 0.1) is 18.9 Å². The normalized spacial score (nSPS) is 15.8. The summed E-state index contributed by atoms with van der Waals surface area (Å²) >= 11 is 0. The van der Waals surface area contributed by atoms with Gasteiger partial charge >= 0.3 is 6.03 Å². The lowest BCUT2D eigenvalue weighted by atomic mass is 10.1. The monoisotopic (exact) mass is 474 g/mol. The number of nitrogens with one attached hydrogen (secondary N) is 2. The molecule has 0 atom stereocenters. The number of amides is 2. The number of urea groups is 1. The summed E-state index contributed by atoms with van der Waals surface area (Å²) in [5.41, 5.74) is 3.90. The summed E-state index contributed by atoms with van der Waals surface area (Å²) in [6.45, 7) is 7.08. The molecule has 0 bridgehead atoms. The molecule has 2 N–H and O–H groups in total. The average Bonchev–Trinajstić information content (AvgIpc) is 3.12. The fourth-order valence-corrected chi connectivity index (χ4v) is 4.44. The molecule has 10 heteroatoms. The summed E-state index contributed by atoms with van der Waals surface area (Å²) in [5, 5.41) is 5.57. The molecule has 2 aromatic heterocycles. The highest BCUT2D eigenvalue weighted by molar-refractivity contribution is 5.89. The molecule has 0 radical (unpaired) electrons. The number of anilines is 3. The van der Waals surface area contributed by atoms with E-state index in [0.29, 0.717) is 25.6 Å². The second-order valence-electron chi connectivity index (χ2n) is 8.49. The third-order valence-corrected chi connectivity index (χ3v) is 6.21. The van der Waals surface area contributed by atoms with Crippen LogP contribution in [0.25, 0.3) is 11.4 Å². The lowest BCUT2D eigenvalue weighted by Crippen LogP contribution is -2.38. The first-order valence-electron chi connectivity index (χ1n) is 12.1. The van der Waals surface area contributed by atoms with E-state index >= 15 is 0 Å². The van der Waals surface area contributed by atoms with Crippen LogP contribution in [0.2, 0.25) is 0 Å². The zero-order chi connectivity index (χ0) is 24.0. The minimum absolute atomic E-state index is 0.219. The first-order chi connectivity index (χ1) is 17.2. The summed E-state index contributed by atoms with van der Waals surface area (Å²) < 4.78 is 5.59. The van der Waals surface area contributed by atoms with E-state index in [4.69, 9.17) is 14.7 Å². The zero-order valence-electron chi connectivity index (χ0n) is 19.9. The molecule has 2 amide bonds.